The predicted molar refractivity (Wildman–Crippen MR) is 172 cm³/mol. The molecule has 0 spiro atoms. The van der Waals surface area contributed by atoms with Crippen molar-refractivity contribution in [2.24, 2.45) is 0 Å². The van der Waals surface area contributed by atoms with Crippen molar-refractivity contribution < 1.29 is 9.53 Å². The summed E-state index contributed by atoms with van der Waals surface area (Å²) in [5, 5.41) is 4.98. The zero-order chi connectivity index (χ0) is 29.3. The molecule has 1 N–H and O–H groups in total. The lowest BCUT2D eigenvalue weighted by Crippen LogP contribution is -2.44. The lowest BCUT2D eigenvalue weighted by atomic mass is 9.89. The molecule has 0 bridgehead atoms. The minimum Gasteiger partial charge on any atom is -0.496 e. The van der Waals surface area contributed by atoms with Gasteiger partial charge in [-0.3, -0.25) is 4.79 Å². The average molecular weight is 591 g/mol. The summed E-state index contributed by atoms with van der Waals surface area (Å²) in [7, 11) is 7.68. The number of aryl methyl sites for hydroxylation is 2. The van der Waals surface area contributed by atoms with Gasteiger partial charge in [0.2, 0.25) is 0 Å². The molecule has 2 aromatic heterocycles. The van der Waals surface area contributed by atoms with Crippen LogP contribution in [0.25, 0.3) is 21.2 Å². The van der Waals surface area contributed by atoms with Crippen LogP contribution in [0.2, 0.25) is 5.02 Å². The largest absolute Gasteiger partial charge is 0.496 e. The van der Waals surface area contributed by atoms with Gasteiger partial charge in [0.15, 0.2) is 0 Å². The number of thiophene rings is 1. The number of hydrogen-bond acceptors (Lipinski definition) is 6. The Morgan fingerprint density at radius 3 is 2.41 bits per heavy atom. The normalized spacial score (nSPS) is 17.0. The van der Waals surface area contributed by atoms with Gasteiger partial charge in [-0.1, -0.05) is 29.8 Å². The van der Waals surface area contributed by atoms with Crippen molar-refractivity contribution in [3.63, 3.8) is 0 Å². The van der Waals surface area contributed by atoms with E-state index in [1.807, 2.05) is 49.3 Å². The number of carbonyl (C=O) groups is 1. The number of pyridine rings is 1. The van der Waals surface area contributed by atoms with E-state index in [-0.39, 0.29) is 11.9 Å². The Balaban J connectivity index is 1.56. The molecule has 1 amide bonds. The number of nitrogens with zero attached hydrogens (tertiary/aromatic N) is 3. The first-order valence-corrected chi connectivity index (χ1v) is 15.4. The molecule has 1 aliphatic carbocycles. The molecule has 6 nitrogen and oxygen atoms in total. The molecule has 5 rings (SSSR count). The van der Waals surface area contributed by atoms with Crippen LogP contribution in [0.15, 0.2) is 48.7 Å². The third kappa shape index (κ3) is 5.94. The summed E-state index contributed by atoms with van der Waals surface area (Å²) in [4.78, 5) is 23.6. The monoisotopic (exact) mass is 590 g/mol. The zero-order valence-electron chi connectivity index (χ0n) is 24.8. The molecule has 41 heavy (non-hydrogen) atoms. The topological polar surface area (TPSA) is 57.7 Å². The second-order valence-electron chi connectivity index (χ2n) is 11.2. The molecular formula is C33H39ClN4O2S. The van der Waals surface area contributed by atoms with Crippen LogP contribution in [0.5, 0.6) is 5.75 Å². The summed E-state index contributed by atoms with van der Waals surface area (Å²) >= 11 is 8.50. The highest BCUT2D eigenvalue weighted by atomic mass is 35.5. The van der Waals surface area contributed by atoms with E-state index in [9.17, 15) is 4.79 Å². The molecule has 1 saturated carbocycles. The van der Waals surface area contributed by atoms with Gasteiger partial charge >= 0.3 is 0 Å². The number of amides is 1. The number of anilines is 1. The van der Waals surface area contributed by atoms with E-state index < -0.39 is 0 Å². The highest BCUT2D eigenvalue weighted by molar-refractivity contribution is 7.21. The number of aromatic nitrogens is 1. The third-order valence-corrected chi connectivity index (χ3v) is 10.1. The van der Waals surface area contributed by atoms with E-state index in [4.69, 9.17) is 16.3 Å². The maximum absolute atomic E-state index is 14.5. The van der Waals surface area contributed by atoms with Gasteiger partial charge in [0.1, 0.15) is 16.4 Å². The number of methoxy groups -OCH3 is 1. The van der Waals surface area contributed by atoms with Gasteiger partial charge < -0.3 is 19.9 Å². The van der Waals surface area contributed by atoms with Gasteiger partial charge in [0.05, 0.1) is 12.1 Å². The van der Waals surface area contributed by atoms with Gasteiger partial charge in [-0.25, -0.2) is 4.98 Å². The van der Waals surface area contributed by atoms with E-state index in [0.29, 0.717) is 22.5 Å². The van der Waals surface area contributed by atoms with E-state index in [1.165, 1.54) is 11.3 Å². The molecule has 1 fully saturated rings. The highest BCUT2D eigenvalue weighted by Crippen LogP contribution is 2.41. The van der Waals surface area contributed by atoms with Crippen LogP contribution in [0, 0.1) is 13.8 Å². The minimum absolute atomic E-state index is 0.00540. The van der Waals surface area contributed by atoms with Crippen LogP contribution in [-0.4, -0.2) is 56.1 Å². The first-order chi connectivity index (χ1) is 19.7. The Hall–Kier alpha value is -3.13. The van der Waals surface area contributed by atoms with E-state index in [2.05, 4.69) is 54.5 Å². The summed E-state index contributed by atoms with van der Waals surface area (Å²) in [6.07, 6.45) is 5.78. The Morgan fingerprint density at radius 1 is 1.05 bits per heavy atom. The zero-order valence-corrected chi connectivity index (χ0v) is 26.3. The van der Waals surface area contributed by atoms with Crippen molar-refractivity contribution in [2.75, 3.05) is 33.2 Å². The second kappa shape index (κ2) is 12.4. The van der Waals surface area contributed by atoms with Gasteiger partial charge in [-0.2, -0.15) is 0 Å². The lowest BCUT2D eigenvalue weighted by Gasteiger charge is -2.37. The summed E-state index contributed by atoms with van der Waals surface area (Å²) in [6.45, 7) is 4.58. The van der Waals surface area contributed by atoms with Crippen LogP contribution in [0.1, 0.15) is 52.0 Å². The SMILES string of the molecule is CN[C@H]1CC[C@@H](N(Cc2cc(-c3ccnc(N(C)C)c3)ccc2OC)C(=O)c2sc3c(C)ccc(C)c3c2Cl)CC1. The van der Waals surface area contributed by atoms with Crippen LogP contribution >= 0.6 is 22.9 Å². The molecule has 0 atom stereocenters. The molecular weight excluding hydrogens is 552 g/mol. The summed E-state index contributed by atoms with van der Waals surface area (Å²) < 4.78 is 6.91. The van der Waals surface area contributed by atoms with Crippen LogP contribution in [0.3, 0.4) is 0 Å². The maximum Gasteiger partial charge on any atom is 0.266 e. The minimum atomic E-state index is -0.00540. The Labute approximate surface area is 252 Å². The molecule has 1 aliphatic rings. The van der Waals surface area contributed by atoms with E-state index in [1.54, 1.807) is 7.11 Å². The highest BCUT2D eigenvalue weighted by Gasteiger charge is 2.32. The molecule has 2 aromatic carbocycles. The van der Waals surface area contributed by atoms with Crippen molar-refractivity contribution in [3.05, 3.63) is 75.3 Å². The molecule has 0 saturated heterocycles. The Morgan fingerprint density at radius 2 is 1.76 bits per heavy atom. The average Bonchev–Trinajstić information content (AvgIpc) is 3.35. The van der Waals surface area contributed by atoms with Gasteiger partial charge in [-0.15, -0.1) is 11.3 Å². The van der Waals surface area contributed by atoms with Crippen molar-refractivity contribution in [1.29, 1.82) is 0 Å². The van der Waals surface area contributed by atoms with Gasteiger partial charge in [-0.05, 0) is 93.1 Å². The van der Waals surface area contributed by atoms with Gasteiger partial charge in [0, 0.05) is 54.6 Å². The van der Waals surface area contributed by atoms with Gasteiger partial charge in [0.25, 0.3) is 5.91 Å². The number of nitrogens with one attached hydrogen (secondary N) is 1. The van der Waals surface area contributed by atoms with Crippen LogP contribution in [0.4, 0.5) is 5.82 Å². The maximum atomic E-state index is 14.5. The Kier molecular flexibility index (Phi) is 8.88. The summed E-state index contributed by atoms with van der Waals surface area (Å²) in [5.41, 5.74) is 5.33. The first-order valence-electron chi connectivity index (χ1n) is 14.2. The summed E-state index contributed by atoms with van der Waals surface area (Å²) in [5.74, 6) is 1.66. The van der Waals surface area contributed by atoms with E-state index in [0.717, 1.165) is 75.2 Å². The number of halogens is 1. The third-order valence-electron chi connectivity index (χ3n) is 8.34. The Bertz CT molecular complexity index is 1560. The lowest BCUT2D eigenvalue weighted by molar-refractivity contribution is 0.0604. The second-order valence-corrected chi connectivity index (χ2v) is 12.6. The number of benzene rings is 2. The van der Waals surface area contributed by atoms with E-state index >= 15 is 0 Å². The molecule has 2 heterocycles. The fraction of sp³-hybridized carbons (Fsp3) is 0.394. The molecule has 0 unspecified atom stereocenters. The van der Waals surface area contributed by atoms with Crippen molar-refractivity contribution in [2.45, 2.75) is 58.2 Å². The molecule has 0 radical (unpaired) electrons. The predicted octanol–water partition coefficient (Wildman–Crippen LogP) is 7.48. The van der Waals surface area contributed by atoms with Crippen molar-refractivity contribution in [1.82, 2.24) is 15.2 Å². The summed E-state index contributed by atoms with van der Waals surface area (Å²) in [6, 6.07) is 15.1. The molecule has 0 aliphatic heterocycles. The number of carbonyl (C=O) groups excluding carboxylic acids is 1. The number of fused-ring (bicyclic) bond motifs is 1. The fourth-order valence-corrected chi connectivity index (χ4v) is 7.56. The first kappa shape index (κ1) is 29.4. The molecule has 216 valence electrons. The van der Waals surface area contributed by atoms with Crippen LogP contribution in [-0.2, 0) is 6.54 Å². The fourth-order valence-electron chi connectivity index (χ4n) is 5.87. The van der Waals surface area contributed by atoms with Crippen LogP contribution < -0.4 is 15.0 Å². The number of ether oxygens (including phenoxy) is 1. The molecule has 8 heteroatoms. The standard InChI is InChI=1S/C33H39ClN4O2S/c1-20-7-8-21(2)31-29(20)30(34)32(41-31)33(39)38(26-12-10-25(35-3)11-13-26)19-24-17-22(9-14-27(24)40-6)23-15-16-36-28(18-23)37(4)5/h7-9,14-18,25-26,35H,10-13,19H2,1-6H3/t25-,26+. The number of rotatable bonds is 8. The quantitative estimate of drug-likeness (QED) is 0.230. The van der Waals surface area contributed by atoms with Crippen molar-refractivity contribution in [3.8, 4) is 16.9 Å². The molecule has 4 aromatic rings. The smallest absolute Gasteiger partial charge is 0.266 e. The number of hydrogen-bond donors (Lipinski definition) is 1. The van der Waals surface area contributed by atoms with Crippen molar-refractivity contribution >= 4 is 44.7 Å².